The summed E-state index contributed by atoms with van der Waals surface area (Å²) in [6, 6.07) is 8.28. The van der Waals surface area contributed by atoms with Crippen LogP contribution in [0.15, 0.2) is 51.9 Å². The van der Waals surface area contributed by atoms with Crippen LogP contribution in [0.4, 0.5) is 14.5 Å². The monoisotopic (exact) mass is 493 g/mol. The minimum absolute atomic E-state index is 0.242. The van der Waals surface area contributed by atoms with Gasteiger partial charge in [-0.25, -0.2) is 18.8 Å². The molecule has 11 heteroatoms. The van der Waals surface area contributed by atoms with Gasteiger partial charge in [-0.15, -0.1) is 0 Å². The second-order valence-electron chi connectivity index (χ2n) is 8.22. The number of nitrogens with one attached hydrogen (secondary N) is 2. The van der Waals surface area contributed by atoms with Crippen molar-refractivity contribution in [1.82, 2.24) is 10.5 Å². The van der Waals surface area contributed by atoms with Gasteiger partial charge >= 0.3 is 0 Å². The zero-order valence-corrected chi connectivity index (χ0v) is 19.8. The maximum absolute atomic E-state index is 14.7. The standard InChI is InChI=1S/C23H25F2N3O5S/c1-32-12-13-5-7-14(8-6-13)21(27-22(30)18-11-20(29)28-33-18)23(31)26-17-9-16(25)19(10-15(17)24)34(2,3)4/h5-11,21H,12H2,1-4H3,(H,26,31)(H,27,30)(H,28,29)/t21-/m1/s1. The Balaban J connectivity index is 1.91. The van der Waals surface area contributed by atoms with Crippen LogP contribution in [-0.4, -0.2) is 48.0 Å². The lowest BCUT2D eigenvalue weighted by Crippen LogP contribution is -2.37. The molecule has 0 bridgehead atoms. The van der Waals surface area contributed by atoms with E-state index >= 15 is 0 Å². The number of rotatable bonds is 8. The van der Waals surface area contributed by atoms with Gasteiger partial charge < -0.3 is 25.0 Å². The van der Waals surface area contributed by atoms with E-state index in [1.54, 1.807) is 24.3 Å². The zero-order valence-electron chi connectivity index (χ0n) is 19.0. The number of aromatic hydroxyl groups is 1. The van der Waals surface area contributed by atoms with Crippen molar-refractivity contribution in [2.45, 2.75) is 17.5 Å². The number of nitrogens with zero attached hydrogens (tertiary/aromatic N) is 1. The van der Waals surface area contributed by atoms with Gasteiger partial charge in [0.05, 0.1) is 18.4 Å². The molecular weight excluding hydrogens is 468 g/mol. The van der Waals surface area contributed by atoms with Crippen LogP contribution >= 0.6 is 10.0 Å². The summed E-state index contributed by atoms with van der Waals surface area (Å²) < 4.78 is 39.2. The Bertz CT molecular complexity index is 1190. The lowest BCUT2D eigenvalue weighted by atomic mass is 10.0. The van der Waals surface area contributed by atoms with Crippen LogP contribution in [0.3, 0.4) is 0 Å². The number of methoxy groups -OCH3 is 1. The molecule has 1 heterocycles. The summed E-state index contributed by atoms with van der Waals surface area (Å²) in [6.45, 7) is 0.341. The van der Waals surface area contributed by atoms with E-state index in [0.29, 0.717) is 12.2 Å². The summed E-state index contributed by atoms with van der Waals surface area (Å²) in [5.74, 6) is -3.93. The Labute approximate surface area is 196 Å². The van der Waals surface area contributed by atoms with Crippen LogP contribution in [0.25, 0.3) is 0 Å². The van der Waals surface area contributed by atoms with Gasteiger partial charge in [-0.1, -0.05) is 24.3 Å². The normalized spacial score (nSPS) is 12.8. The minimum Gasteiger partial charge on any atom is -0.491 e. The molecule has 0 unspecified atom stereocenters. The van der Waals surface area contributed by atoms with Gasteiger partial charge in [0.25, 0.3) is 17.7 Å². The largest absolute Gasteiger partial charge is 0.491 e. The first-order valence-corrected chi connectivity index (χ1v) is 12.9. The first-order chi connectivity index (χ1) is 16.0. The molecule has 0 fully saturated rings. The number of carbonyl (C=O) groups excluding carboxylic acids is 2. The fourth-order valence-electron chi connectivity index (χ4n) is 3.15. The van der Waals surface area contributed by atoms with Crippen molar-refractivity contribution in [1.29, 1.82) is 0 Å². The molecule has 0 aliphatic carbocycles. The molecule has 2 aromatic carbocycles. The first-order valence-electron chi connectivity index (χ1n) is 10.0. The molecule has 0 saturated heterocycles. The summed E-state index contributed by atoms with van der Waals surface area (Å²) in [5.41, 5.74) is 0.832. The molecule has 1 aromatic heterocycles. The van der Waals surface area contributed by atoms with Gasteiger partial charge in [-0.2, -0.15) is 0 Å². The maximum Gasteiger partial charge on any atom is 0.290 e. The number of aromatic nitrogens is 1. The topological polar surface area (TPSA) is 114 Å². The summed E-state index contributed by atoms with van der Waals surface area (Å²) in [4.78, 5) is 25.9. The molecule has 2 amide bonds. The average Bonchev–Trinajstić information content (AvgIpc) is 3.20. The number of hydrogen-bond donors (Lipinski definition) is 3. The Morgan fingerprint density at radius 1 is 1.12 bits per heavy atom. The van der Waals surface area contributed by atoms with Gasteiger partial charge in [0.1, 0.15) is 17.7 Å². The summed E-state index contributed by atoms with van der Waals surface area (Å²) in [5, 5.41) is 17.4. The number of carbonyl (C=O) groups is 2. The van der Waals surface area contributed by atoms with Gasteiger partial charge in [0.2, 0.25) is 5.76 Å². The smallest absolute Gasteiger partial charge is 0.290 e. The molecule has 182 valence electrons. The number of benzene rings is 2. The van der Waals surface area contributed by atoms with Crippen molar-refractivity contribution < 1.29 is 32.7 Å². The molecule has 34 heavy (non-hydrogen) atoms. The fraction of sp³-hybridized carbons (Fsp3) is 0.261. The van der Waals surface area contributed by atoms with Crippen molar-refractivity contribution in [3.05, 3.63) is 71.0 Å². The molecule has 0 spiro atoms. The van der Waals surface area contributed by atoms with Crippen LogP contribution in [0, 0.1) is 11.6 Å². The van der Waals surface area contributed by atoms with E-state index in [1.807, 2.05) is 18.8 Å². The SMILES string of the molecule is COCc1ccc([C@@H](NC(=O)c2cc(O)no2)C(=O)Nc2cc(F)c(S(C)(C)C)cc2F)cc1. The third-order valence-corrected chi connectivity index (χ3v) is 6.45. The number of amides is 2. The fourth-order valence-corrected chi connectivity index (χ4v) is 4.25. The number of ether oxygens (including phenoxy) is 1. The van der Waals surface area contributed by atoms with Crippen LogP contribution in [0.5, 0.6) is 5.88 Å². The molecule has 0 aliphatic heterocycles. The van der Waals surface area contributed by atoms with Crippen molar-refractivity contribution in [2.24, 2.45) is 0 Å². The molecule has 1 atom stereocenters. The predicted octanol–water partition coefficient (Wildman–Crippen LogP) is 3.97. The molecule has 3 N–H and O–H groups in total. The van der Waals surface area contributed by atoms with Gasteiger partial charge in [-0.3, -0.25) is 9.59 Å². The Kier molecular flexibility index (Phi) is 7.57. The summed E-state index contributed by atoms with van der Waals surface area (Å²) in [6.07, 6.45) is 5.47. The van der Waals surface area contributed by atoms with Gasteiger partial charge in [-0.05, 0) is 41.1 Å². The first kappa shape index (κ1) is 25.2. The summed E-state index contributed by atoms with van der Waals surface area (Å²) >= 11 is 0. The van der Waals surface area contributed by atoms with Crippen LogP contribution in [0.2, 0.25) is 0 Å². The third kappa shape index (κ3) is 5.91. The van der Waals surface area contributed by atoms with E-state index in [-0.39, 0.29) is 16.3 Å². The molecule has 0 aliphatic rings. The van der Waals surface area contributed by atoms with Crippen LogP contribution < -0.4 is 10.6 Å². The van der Waals surface area contributed by atoms with E-state index in [1.165, 1.54) is 7.11 Å². The van der Waals surface area contributed by atoms with Crippen molar-refractivity contribution in [2.75, 3.05) is 31.2 Å². The highest BCUT2D eigenvalue weighted by Crippen LogP contribution is 2.47. The minimum atomic E-state index is -1.55. The van der Waals surface area contributed by atoms with Gasteiger partial charge in [0, 0.05) is 18.1 Å². The Hall–Kier alpha value is -3.44. The molecule has 8 nitrogen and oxygen atoms in total. The Morgan fingerprint density at radius 3 is 2.35 bits per heavy atom. The summed E-state index contributed by atoms with van der Waals surface area (Å²) in [7, 11) is -0.00670. The zero-order chi connectivity index (χ0) is 25.0. The van der Waals surface area contributed by atoms with Crippen molar-refractivity contribution in [3.63, 3.8) is 0 Å². The Morgan fingerprint density at radius 2 is 1.79 bits per heavy atom. The number of hydrogen-bond acceptors (Lipinski definition) is 6. The van der Waals surface area contributed by atoms with E-state index in [4.69, 9.17) is 9.26 Å². The van der Waals surface area contributed by atoms with Crippen molar-refractivity contribution in [3.8, 4) is 5.88 Å². The third-order valence-electron chi connectivity index (χ3n) is 4.82. The molecular formula is C23H25F2N3O5S. The highest BCUT2D eigenvalue weighted by Gasteiger charge is 2.27. The highest BCUT2D eigenvalue weighted by molar-refractivity contribution is 8.32. The number of anilines is 1. The van der Waals surface area contributed by atoms with Crippen LogP contribution in [-0.2, 0) is 16.1 Å². The lowest BCUT2D eigenvalue weighted by molar-refractivity contribution is -0.118. The lowest BCUT2D eigenvalue weighted by Gasteiger charge is -2.27. The second kappa shape index (κ2) is 10.2. The van der Waals surface area contributed by atoms with E-state index in [0.717, 1.165) is 23.8 Å². The maximum atomic E-state index is 14.7. The highest BCUT2D eigenvalue weighted by atomic mass is 32.3. The van der Waals surface area contributed by atoms with E-state index < -0.39 is 45.4 Å². The molecule has 3 aromatic rings. The van der Waals surface area contributed by atoms with Gasteiger partial charge in [0.15, 0.2) is 0 Å². The second-order valence-corrected chi connectivity index (χ2v) is 12.3. The van der Waals surface area contributed by atoms with E-state index in [9.17, 15) is 23.5 Å². The average molecular weight is 494 g/mol. The quantitative estimate of drug-likeness (QED) is 0.438. The van der Waals surface area contributed by atoms with E-state index in [2.05, 4.69) is 15.8 Å². The van der Waals surface area contributed by atoms with Crippen LogP contribution in [0.1, 0.15) is 27.7 Å². The number of halogens is 2. The molecule has 0 radical (unpaired) electrons. The molecule has 3 rings (SSSR count). The molecule has 0 saturated carbocycles. The van der Waals surface area contributed by atoms with Crippen molar-refractivity contribution >= 4 is 27.5 Å². The predicted molar refractivity (Wildman–Crippen MR) is 124 cm³/mol.